The maximum atomic E-state index is 11.4. The van der Waals surface area contributed by atoms with E-state index in [9.17, 15) is 9.90 Å². The van der Waals surface area contributed by atoms with Crippen LogP contribution in [0.2, 0.25) is 0 Å². The van der Waals surface area contributed by atoms with Crippen LogP contribution in [0.3, 0.4) is 0 Å². The third-order valence-electron chi connectivity index (χ3n) is 5.64. The average molecular weight is 367 g/mol. The second-order valence-corrected chi connectivity index (χ2v) is 7.41. The topological polar surface area (TPSA) is 52.6 Å². The van der Waals surface area contributed by atoms with Gasteiger partial charge in [0.1, 0.15) is 0 Å². The summed E-state index contributed by atoms with van der Waals surface area (Å²) in [4.78, 5) is 14.0. The summed E-state index contributed by atoms with van der Waals surface area (Å²) in [6.07, 6.45) is 5.32. The fraction of sp³-hybridized carbons (Fsp3) is 0.435. The number of nitrogens with one attached hydrogen (secondary N) is 1. The highest BCUT2D eigenvalue weighted by Crippen LogP contribution is 2.26. The molecule has 0 amide bonds. The van der Waals surface area contributed by atoms with Crippen LogP contribution in [-0.2, 0) is 11.2 Å². The zero-order valence-corrected chi connectivity index (χ0v) is 16.1. The van der Waals surface area contributed by atoms with Crippen LogP contribution in [-0.4, -0.2) is 35.6 Å². The van der Waals surface area contributed by atoms with Gasteiger partial charge in [-0.3, -0.25) is 0 Å². The molecule has 0 aromatic heterocycles. The van der Waals surface area contributed by atoms with Gasteiger partial charge in [0.25, 0.3) is 0 Å². The van der Waals surface area contributed by atoms with Crippen molar-refractivity contribution in [2.45, 2.75) is 38.6 Å². The Morgan fingerprint density at radius 1 is 1.04 bits per heavy atom. The summed E-state index contributed by atoms with van der Waals surface area (Å²) < 4.78 is 0. The van der Waals surface area contributed by atoms with E-state index in [2.05, 4.69) is 17.1 Å². The molecule has 2 aromatic carbocycles. The van der Waals surface area contributed by atoms with E-state index in [-0.39, 0.29) is 0 Å². The minimum atomic E-state index is -0.878. The fourth-order valence-electron chi connectivity index (χ4n) is 3.92. The van der Waals surface area contributed by atoms with Crippen LogP contribution in [0.15, 0.2) is 54.6 Å². The predicted octanol–water partition coefficient (Wildman–Crippen LogP) is 4.59. The SMILES string of the molecule is C1CN2CCC1CC2.CCc1ccccc1NC(C(=O)O)c1ccccc1. The van der Waals surface area contributed by atoms with E-state index >= 15 is 0 Å². The Morgan fingerprint density at radius 3 is 2.11 bits per heavy atom. The van der Waals surface area contributed by atoms with Crippen LogP contribution < -0.4 is 5.32 Å². The quantitative estimate of drug-likeness (QED) is 0.813. The van der Waals surface area contributed by atoms with E-state index in [1.165, 1.54) is 38.9 Å². The van der Waals surface area contributed by atoms with Gasteiger partial charge in [-0.05, 0) is 68.4 Å². The van der Waals surface area contributed by atoms with Crippen molar-refractivity contribution >= 4 is 11.7 Å². The van der Waals surface area contributed by atoms with Gasteiger partial charge in [-0.1, -0.05) is 55.5 Å². The first kappa shape index (κ1) is 19.4. The summed E-state index contributed by atoms with van der Waals surface area (Å²) in [5.74, 6) is 0.233. The lowest BCUT2D eigenvalue weighted by molar-refractivity contribution is -0.138. The van der Waals surface area contributed by atoms with E-state index in [0.717, 1.165) is 29.2 Å². The first-order valence-electron chi connectivity index (χ1n) is 10.0. The van der Waals surface area contributed by atoms with Gasteiger partial charge in [-0.25, -0.2) is 4.79 Å². The number of piperidine rings is 3. The molecule has 0 radical (unpaired) electrons. The van der Waals surface area contributed by atoms with E-state index < -0.39 is 12.0 Å². The smallest absolute Gasteiger partial charge is 0.330 e. The molecule has 27 heavy (non-hydrogen) atoms. The third-order valence-corrected chi connectivity index (χ3v) is 5.64. The van der Waals surface area contributed by atoms with Gasteiger partial charge in [0.05, 0.1) is 0 Å². The number of carbonyl (C=O) groups is 1. The molecule has 0 spiro atoms. The monoisotopic (exact) mass is 366 g/mol. The highest BCUT2D eigenvalue weighted by Gasteiger charge is 2.24. The normalized spacial score (nSPS) is 21.7. The van der Waals surface area contributed by atoms with Crippen molar-refractivity contribution in [3.8, 4) is 0 Å². The minimum Gasteiger partial charge on any atom is -0.479 e. The van der Waals surface area contributed by atoms with Crippen molar-refractivity contribution < 1.29 is 9.90 Å². The first-order valence-corrected chi connectivity index (χ1v) is 10.0. The average Bonchev–Trinajstić information content (AvgIpc) is 2.74. The highest BCUT2D eigenvalue weighted by molar-refractivity contribution is 5.79. The van der Waals surface area contributed by atoms with Crippen LogP contribution in [0, 0.1) is 5.92 Å². The zero-order valence-electron chi connectivity index (χ0n) is 16.1. The molecule has 3 aliphatic rings. The Labute approximate surface area is 162 Å². The van der Waals surface area contributed by atoms with Crippen molar-refractivity contribution in [3.63, 3.8) is 0 Å². The van der Waals surface area contributed by atoms with Gasteiger partial charge in [-0.2, -0.15) is 0 Å². The largest absolute Gasteiger partial charge is 0.479 e. The van der Waals surface area contributed by atoms with Gasteiger partial charge >= 0.3 is 5.97 Å². The summed E-state index contributed by atoms with van der Waals surface area (Å²) >= 11 is 0. The highest BCUT2D eigenvalue weighted by atomic mass is 16.4. The molecule has 3 fully saturated rings. The Bertz CT molecular complexity index is 701. The van der Waals surface area contributed by atoms with Gasteiger partial charge in [-0.15, -0.1) is 0 Å². The zero-order chi connectivity index (χ0) is 19.1. The number of carboxylic acids is 1. The lowest BCUT2D eigenvalue weighted by atomic mass is 9.89. The first-order chi connectivity index (χ1) is 13.2. The summed E-state index contributed by atoms with van der Waals surface area (Å²) in [7, 11) is 0. The van der Waals surface area contributed by atoms with Crippen LogP contribution in [0.25, 0.3) is 0 Å². The predicted molar refractivity (Wildman–Crippen MR) is 110 cm³/mol. The van der Waals surface area contributed by atoms with Gasteiger partial charge in [0.15, 0.2) is 6.04 Å². The van der Waals surface area contributed by atoms with E-state index in [4.69, 9.17) is 0 Å². The molecule has 0 saturated carbocycles. The van der Waals surface area contributed by atoms with Crippen molar-refractivity contribution in [1.29, 1.82) is 0 Å². The maximum absolute atomic E-state index is 11.4. The molecule has 4 heteroatoms. The molecule has 3 heterocycles. The Hall–Kier alpha value is -2.33. The summed E-state index contributed by atoms with van der Waals surface area (Å²) in [5, 5.41) is 12.5. The minimum absolute atomic E-state index is 0.728. The molecule has 2 bridgehead atoms. The Kier molecular flexibility index (Phi) is 6.88. The molecule has 3 saturated heterocycles. The number of benzene rings is 2. The van der Waals surface area contributed by atoms with Crippen LogP contribution in [0.4, 0.5) is 5.69 Å². The number of para-hydroxylation sites is 1. The summed E-state index contributed by atoms with van der Waals surface area (Å²) in [5.41, 5.74) is 2.74. The second kappa shape index (κ2) is 9.56. The van der Waals surface area contributed by atoms with E-state index in [1.807, 2.05) is 54.6 Å². The molecule has 0 aliphatic carbocycles. The molecule has 144 valence electrons. The van der Waals surface area contributed by atoms with E-state index in [0.29, 0.717) is 0 Å². The number of hydrogen-bond acceptors (Lipinski definition) is 3. The third kappa shape index (κ3) is 5.33. The molecule has 1 unspecified atom stereocenters. The standard InChI is InChI=1S/C16H17NO2.C7H13N/c1-2-12-8-6-7-11-14(12)17-15(16(18)19)13-9-4-3-5-10-13;1-4-8-5-2-7(1)3-6-8/h3-11,15,17H,2H2,1H3,(H,18,19);7H,1-6H2. The number of carboxylic acid groups (broad SMARTS) is 1. The van der Waals surface area contributed by atoms with Gasteiger partial charge in [0, 0.05) is 5.69 Å². The molecule has 3 aliphatic heterocycles. The summed E-state index contributed by atoms with van der Waals surface area (Å²) in [6, 6.07) is 16.3. The number of aryl methyl sites for hydroxylation is 1. The second-order valence-electron chi connectivity index (χ2n) is 7.41. The molecule has 5 rings (SSSR count). The van der Waals surface area contributed by atoms with Crippen molar-refractivity contribution in [1.82, 2.24) is 4.90 Å². The number of aliphatic carboxylic acids is 1. The van der Waals surface area contributed by atoms with Gasteiger partial charge < -0.3 is 15.3 Å². The number of nitrogens with zero attached hydrogens (tertiary/aromatic N) is 1. The molecule has 2 N–H and O–H groups in total. The lowest BCUT2D eigenvalue weighted by Crippen LogP contribution is -2.41. The fourth-order valence-corrected chi connectivity index (χ4v) is 3.92. The van der Waals surface area contributed by atoms with Crippen LogP contribution >= 0.6 is 0 Å². The number of anilines is 1. The van der Waals surface area contributed by atoms with Crippen LogP contribution in [0.5, 0.6) is 0 Å². The van der Waals surface area contributed by atoms with E-state index in [1.54, 1.807) is 0 Å². The van der Waals surface area contributed by atoms with Crippen molar-refractivity contribution in [2.24, 2.45) is 5.92 Å². The summed E-state index contributed by atoms with van der Waals surface area (Å²) in [6.45, 7) is 6.23. The number of fused-ring (bicyclic) bond motifs is 3. The van der Waals surface area contributed by atoms with Crippen molar-refractivity contribution in [2.75, 3.05) is 25.0 Å². The van der Waals surface area contributed by atoms with Gasteiger partial charge in [0.2, 0.25) is 0 Å². The number of hydrogen-bond donors (Lipinski definition) is 2. The van der Waals surface area contributed by atoms with Crippen molar-refractivity contribution in [3.05, 3.63) is 65.7 Å². The maximum Gasteiger partial charge on any atom is 0.330 e. The molecule has 4 nitrogen and oxygen atoms in total. The number of rotatable bonds is 5. The Balaban J connectivity index is 0.000000216. The molecular weight excluding hydrogens is 336 g/mol. The lowest BCUT2D eigenvalue weighted by Gasteiger charge is -2.38. The molecule has 2 aromatic rings. The molecule has 1 atom stereocenters. The van der Waals surface area contributed by atoms with Crippen LogP contribution in [0.1, 0.15) is 43.4 Å². The Morgan fingerprint density at radius 2 is 1.63 bits per heavy atom. The molecular formula is C23H30N2O2.